The number of fused-ring (bicyclic) bond motifs is 1. The lowest BCUT2D eigenvalue weighted by Crippen LogP contribution is -2.21. The maximum absolute atomic E-state index is 12.2. The number of hydrogen-bond donors (Lipinski definition) is 1. The molecule has 3 rings (SSSR count). The van der Waals surface area contributed by atoms with E-state index in [2.05, 4.69) is 16.9 Å². The molecule has 0 radical (unpaired) electrons. The molecule has 1 aliphatic rings. The van der Waals surface area contributed by atoms with Crippen LogP contribution in [-0.2, 0) is 11.3 Å². The van der Waals surface area contributed by atoms with Gasteiger partial charge in [0, 0.05) is 31.3 Å². The Morgan fingerprint density at radius 2 is 2.23 bits per heavy atom. The molecule has 0 spiro atoms. The molecule has 2 aromatic rings. The third kappa shape index (κ3) is 3.67. The number of nitrogens with zero attached hydrogens (tertiary/aromatic N) is 2. The van der Waals surface area contributed by atoms with Gasteiger partial charge in [0.1, 0.15) is 6.61 Å². The summed E-state index contributed by atoms with van der Waals surface area (Å²) in [5.41, 5.74) is 1.94. The number of aromatic nitrogens is 1. The topological polar surface area (TPSA) is 63.7 Å². The van der Waals surface area contributed by atoms with Crippen molar-refractivity contribution in [2.75, 3.05) is 32.7 Å². The van der Waals surface area contributed by atoms with Crippen molar-refractivity contribution < 1.29 is 14.3 Å². The molecule has 0 fully saturated rings. The Morgan fingerprint density at radius 3 is 2.92 bits per heavy atom. The van der Waals surface area contributed by atoms with Gasteiger partial charge in [-0.15, -0.1) is 11.3 Å². The number of hydrogen-bond acceptors (Lipinski definition) is 6. The Morgan fingerprint density at radius 1 is 1.42 bits per heavy atom. The average Bonchev–Trinajstić information content (AvgIpc) is 3.00. The first-order valence-corrected chi connectivity index (χ1v) is 9.20. The Bertz CT molecular complexity index is 816. The number of methoxy groups -OCH3 is 1. The Kier molecular flexibility index (Phi) is 5.46. The van der Waals surface area contributed by atoms with Gasteiger partial charge in [0.05, 0.1) is 19.3 Å². The van der Waals surface area contributed by atoms with Crippen LogP contribution in [0.3, 0.4) is 0 Å². The minimum Gasteiger partial charge on any atom is -0.493 e. The number of rotatable bonds is 6. The first kappa shape index (κ1) is 18.3. The van der Waals surface area contributed by atoms with E-state index >= 15 is 0 Å². The number of anilines is 1. The lowest BCUT2D eigenvalue weighted by Gasteiger charge is -2.17. The van der Waals surface area contributed by atoms with Gasteiger partial charge in [-0.05, 0) is 17.7 Å². The molecule has 0 saturated heterocycles. The molecule has 0 aliphatic carbocycles. The average molecular weight is 373 g/mol. The molecular weight excluding hydrogens is 350 g/mol. The molecule has 26 heavy (non-hydrogen) atoms. The molecule has 1 atom stereocenters. The van der Waals surface area contributed by atoms with Crippen molar-refractivity contribution in [3.8, 4) is 11.5 Å². The van der Waals surface area contributed by atoms with Gasteiger partial charge in [0.15, 0.2) is 16.6 Å². The minimum absolute atomic E-state index is 0.0255. The first-order valence-electron chi connectivity index (χ1n) is 8.38. The lowest BCUT2D eigenvalue weighted by molar-refractivity contribution is -0.121. The van der Waals surface area contributed by atoms with Crippen LogP contribution in [0, 0.1) is 0 Å². The Hall–Kier alpha value is -2.54. The maximum Gasteiger partial charge on any atom is 0.221 e. The first-order chi connectivity index (χ1) is 12.5. The summed E-state index contributed by atoms with van der Waals surface area (Å²) in [6, 6.07) is 5.82. The van der Waals surface area contributed by atoms with E-state index in [-0.39, 0.29) is 11.8 Å². The van der Waals surface area contributed by atoms with Crippen molar-refractivity contribution in [2.24, 2.45) is 0 Å². The van der Waals surface area contributed by atoms with E-state index in [0.29, 0.717) is 31.1 Å². The monoisotopic (exact) mass is 373 g/mol. The summed E-state index contributed by atoms with van der Waals surface area (Å²) >= 11 is 1.63. The molecular formula is C19H23N3O3S. The number of carbonyl (C=O) groups excluding carboxylic acids is 1. The molecule has 0 saturated carbocycles. The highest BCUT2D eigenvalue weighted by Gasteiger charge is 2.29. The van der Waals surface area contributed by atoms with Crippen LogP contribution in [0.25, 0.3) is 0 Å². The second kappa shape index (κ2) is 7.78. The summed E-state index contributed by atoms with van der Waals surface area (Å²) in [5.74, 6) is 1.28. The predicted molar refractivity (Wildman–Crippen MR) is 103 cm³/mol. The van der Waals surface area contributed by atoms with Crippen molar-refractivity contribution in [3.05, 3.63) is 47.0 Å². The molecule has 1 aromatic carbocycles. The normalized spacial score (nSPS) is 16.3. The third-order valence-electron chi connectivity index (χ3n) is 4.20. The number of thiazole rings is 1. The van der Waals surface area contributed by atoms with Crippen LogP contribution in [0.1, 0.15) is 28.5 Å². The van der Waals surface area contributed by atoms with Gasteiger partial charge < -0.3 is 19.7 Å². The van der Waals surface area contributed by atoms with Gasteiger partial charge in [-0.2, -0.15) is 0 Å². The summed E-state index contributed by atoms with van der Waals surface area (Å²) in [6.07, 6.45) is 2.08. The van der Waals surface area contributed by atoms with Crippen LogP contribution in [0.2, 0.25) is 0 Å². The molecule has 1 aliphatic heterocycles. The molecule has 1 aromatic heterocycles. The van der Waals surface area contributed by atoms with Crippen molar-refractivity contribution in [1.82, 2.24) is 10.3 Å². The van der Waals surface area contributed by atoms with Crippen molar-refractivity contribution in [3.63, 3.8) is 0 Å². The van der Waals surface area contributed by atoms with Crippen LogP contribution in [0.4, 0.5) is 5.13 Å². The lowest BCUT2D eigenvalue weighted by atomic mass is 9.93. The Labute approximate surface area is 157 Å². The molecule has 6 nitrogen and oxygen atoms in total. The van der Waals surface area contributed by atoms with Gasteiger partial charge in [-0.25, -0.2) is 4.98 Å². The molecule has 1 N–H and O–H groups in total. The molecule has 138 valence electrons. The summed E-state index contributed by atoms with van der Waals surface area (Å²) in [4.78, 5) is 20.0. The van der Waals surface area contributed by atoms with Crippen LogP contribution in [0.5, 0.6) is 11.5 Å². The standard InChI is InChI=1S/C19H23N3O3S/c1-5-8-25-15-7-6-12(9-16(15)24-4)13-10-17(23)20-11-14-18(13)26-19(21-14)22(2)3/h5-7,9,13H,1,8,10-11H2,2-4H3,(H,20,23)/t13-/m1/s1. The van der Waals surface area contributed by atoms with Crippen LogP contribution in [0.15, 0.2) is 30.9 Å². The smallest absolute Gasteiger partial charge is 0.221 e. The zero-order chi connectivity index (χ0) is 18.7. The largest absolute Gasteiger partial charge is 0.493 e. The van der Waals surface area contributed by atoms with E-state index in [1.54, 1.807) is 24.5 Å². The molecule has 2 heterocycles. The van der Waals surface area contributed by atoms with E-state index in [1.807, 2.05) is 37.2 Å². The quantitative estimate of drug-likeness (QED) is 0.789. The van der Waals surface area contributed by atoms with E-state index in [4.69, 9.17) is 9.47 Å². The maximum atomic E-state index is 12.2. The van der Waals surface area contributed by atoms with Crippen LogP contribution in [-0.4, -0.2) is 38.7 Å². The second-order valence-electron chi connectivity index (χ2n) is 6.25. The van der Waals surface area contributed by atoms with E-state index in [0.717, 1.165) is 21.3 Å². The summed E-state index contributed by atoms with van der Waals surface area (Å²) in [5, 5.41) is 3.88. The number of ether oxygens (including phenoxy) is 2. The number of carbonyl (C=O) groups is 1. The second-order valence-corrected chi connectivity index (χ2v) is 7.25. The molecule has 7 heteroatoms. The zero-order valence-electron chi connectivity index (χ0n) is 15.2. The van der Waals surface area contributed by atoms with E-state index < -0.39 is 0 Å². The Balaban J connectivity index is 2.01. The SMILES string of the molecule is C=CCOc1ccc([C@H]2CC(=O)NCc3nc(N(C)C)sc32)cc1OC. The van der Waals surface area contributed by atoms with E-state index in [9.17, 15) is 4.79 Å². The summed E-state index contributed by atoms with van der Waals surface area (Å²) in [7, 11) is 5.56. The van der Waals surface area contributed by atoms with Gasteiger partial charge in [-0.1, -0.05) is 18.7 Å². The molecule has 0 bridgehead atoms. The third-order valence-corrected chi connectivity index (χ3v) is 5.58. The fourth-order valence-electron chi connectivity index (χ4n) is 2.91. The van der Waals surface area contributed by atoms with E-state index in [1.165, 1.54) is 0 Å². The summed E-state index contributed by atoms with van der Waals surface area (Å²) < 4.78 is 11.1. The number of benzene rings is 1. The van der Waals surface area contributed by atoms with Gasteiger partial charge in [0.25, 0.3) is 0 Å². The number of amides is 1. The van der Waals surface area contributed by atoms with Crippen molar-refractivity contribution in [2.45, 2.75) is 18.9 Å². The van der Waals surface area contributed by atoms with Crippen LogP contribution >= 0.6 is 11.3 Å². The fraction of sp³-hybridized carbons (Fsp3) is 0.368. The molecule has 1 amide bonds. The van der Waals surface area contributed by atoms with Gasteiger partial charge >= 0.3 is 0 Å². The summed E-state index contributed by atoms with van der Waals surface area (Å²) in [6.45, 7) is 4.54. The molecule has 0 unspecified atom stereocenters. The highest BCUT2D eigenvalue weighted by Crippen LogP contribution is 2.41. The highest BCUT2D eigenvalue weighted by atomic mass is 32.1. The highest BCUT2D eigenvalue weighted by molar-refractivity contribution is 7.15. The zero-order valence-corrected chi connectivity index (χ0v) is 16.1. The van der Waals surface area contributed by atoms with Crippen molar-refractivity contribution in [1.29, 1.82) is 0 Å². The van der Waals surface area contributed by atoms with Gasteiger partial charge in [0.2, 0.25) is 5.91 Å². The number of nitrogens with one attached hydrogen (secondary N) is 1. The predicted octanol–water partition coefficient (Wildman–Crippen LogP) is 2.93. The minimum atomic E-state index is -0.0546. The van der Waals surface area contributed by atoms with Crippen LogP contribution < -0.4 is 19.7 Å². The van der Waals surface area contributed by atoms with Crippen molar-refractivity contribution >= 4 is 22.4 Å². The van der Waals surface area contributed by atoms with Gasteiger partial charge in [-0.3, -0.25) is 4.79 Å². The fourth-order valence-corrected chi connectivity index (χ4v) is 4.04.